The van der Waals surface area contributed by atoms with E-state index in [2.05, 4.69) is 5.32 Å². The van der Waals surface area contributed by atoms with Gasteiger partial charge in [0.2, 0.25) is 5.91 Å². The molecule has 1 saturated carbocycles. The fourth-order valence-electron chi connectivity index (χ4n) is 2.65. The van der Waals surface area contributed by atoms with Crippen LogP contribution in [0.2, 0.25) is 0 Å². The molecule has 2 fully saturated rings. The van der Waals surface area contributed by atoms with E-state index in [1.165, 1.54) is 4.90 Å². The molecule has 1 aromatic carbocycles. The summed E-state index contributed by atoms with van der Waals surface area (Å²) in [5.41, 5.74) is 0.221. The lowest BCUT2D eigenvalue weighted by molar-refractivity contribution is -0.145. The summed E-state index contributed by atoms with van der Waals surface area (Å²) in [5, 5.41) is 3.20. The molecular weight excluding hydrogens is 269 g/mol. The summed E-state index contributed by atoms with van der Waals surface area (Å²) in [5.74, 6) is -0.199. The summed E-state index contributed by atoms with van der Waals surface area (Å²) in [6, 6.07) is 9.13. The fourth-order valence-corrected chi connectivity index (χ4v) is 2.65. The molecule has 1 aliphatic heterocycles. The number of amides is 1. The lowest BCUT2D eigenvalue weighted by atomic mass is 10.1. The molecular formula is C14H15F3N2O. The molecule has 1 atom stereocenters. The molecule has 1 amide bonds. The standard InChI is InChI=1S/C14H15F3N2O/c15-14(16,17)8-9-19-11(10-4-2-1-3-5-10)18-13(6-7-13)12(19)20/h1-5,11,18H,6-9H2. The van der Waals surface area contributed by atoms with Crippen LogP contribution in [0.15, 0.2) is 30.3 Å². The van der Waals surface area contributed by atoms with Crippen molar-refractivity contribution in [2.24, 2.45) is 0 Å². The second kappa shape index (κ2) is 4.48. The van der Waals surface area contributed by atoms with Crippen molar-refractivity contribution in [1.82, 2.24) is 10.2 Å². The second-order valence-electron chi connectivity index (χ2n) is 5.40. The van der Waals surface area contributed by atoms with Crippen molar-refractivity contribution < 1.29 is 18.0 Å². The highest BCUT2D eigenvalue weighted by Gasteiger charge is 2.59. The Morgan fingerprint density at radius 2 is 1.90 bits per heavy atom. The number of carbonyl (C=O) groups is 1. The van der Waals surface area contributed by atoms with Crippen molar-refractivity contribution in [3.63, 3.8) is 0 Å². The second-order valence-corrected chi connectivity index (χ2v) is 5.40. The van der Waals surface area contributed by atoms with Gasteiger partial charge < -0.3 is 4.90 Å². The summed E-state index contributed by atoms with van der Waals surface area (Å²) in [7, 11) is 0. The molecule has 3 nitrogen and oxygen atoms in total. The zero-order valence-electron chi connectivity index (χ0n) is 10.8. The van der Waals surface area contributed by atoms with E-state index in [1.807, 2.05) is 30.3 Å². The predicted molar refractivity (Wildman–Crippen MR) is 66.7 cm³/mol. The Kier molecular flexibility index (Phi) is 3.01. The van der Waals surface area contributed by atoms with Gasteiger partial charge in [0.15, 0.2) is 0 Å². The molecule has 1 aromatic rings. The molecule has 1 N–H and O–H groups in total. The van der Waals surface area contributed by atoms with Crippen LogP contribution in [-0.2, 0) is 4.79 Å². The van der Waals surface area contributed by atoms with E-state index in [0.717, 1.165) is 5.56 Å². The van der Waals surface area contributed by atoms with Crippen LogP contribution in [0.4, 0.5) is 13.2 Å². The van der Waals surface area contributed by atoms with E-state index >= 15 is 0 Å². The molecule has 1 heterocycles. The van der Waals surface area contributed by atoms with Crippen LogP contribution < -0.4 is 5.32 Å². The average Bonchev–Trinajstić information content (AvgIpc) is 3.12. The first-order valence-corrected chi connectivity index (χ1v) is 6.62. The van der Waals surface area contributed by atoms with Crippen LogP contribution in [0.1, 0.15) is 31.0 Å². The molecule has 3 rings (SSSR count). The molecule has 108 valence electrons. The summed E-state index contributed by atoms with van der Waals surface area (Å²) < 4.78 is 37.2. The lowest BCUT2D eigenvalue weighted by Crippen LogP contribution is -2.34. The number of hydrogen-bond acceptors (Lipinski definition) is 2. The zero-order valence-corrected chi connectivity index (χ0v) is 10.8. The number of rotatable bonds is 3. The van der Waals surface area contributed by atoms with Crippen molar-refractivity contribution in [2.75, 3.05) is 6.54 Å². The third-order valence-electron chi connectivity index (χ3n) is 3.90. The van der Waals surface area contributed by atoms with E-state index in [4.69, 9.17) is 0 Å². The molecule has 0 bridgehead atoms. The van der Waals surface area contributed by atoms with E-state index in [1.54, 1.807) is 0 Å². The number of halogens is 3. The van der Waals surface area contributed by atoms with Crippen LogP contribution in [0, 0.1) is 0 Å². The number of benzene rings is 1. The summed E-state index contributed by atoms with van der Waals surface area (Å²) in [4.78, 5) is 13.6. The van der Waals surface area contributed by atoms with E-state index < -0.39 is 24.3 Å². The lowest BCUT2D eigenvalue weighted by Gasteiger charge is -2.25. The van der Waals surface area contributed by atoms with Crippen LogP contribution in [0.3, 0.4) is 0 Å². The molecule has 1 aliphatic carbocycles. The first-order valence-electron chi connectivity index (χ1n) is 6.62. The Bertz CT molecular complexity index is 511. The van der Waals surface area contributed by atoms with Crippen molar-refractivity contribution in [3.8, 4) is 0 Å². The minimum Gasteiger partial charge on any atom is -0.321 e. The fraction of sp³-hybridized carbons (Fsp3) is 0.500. The maximum absolute atomic E-state index is 12.4. The molecule has 1 unspecified atom stereocenters. The normalized spacial score (nSPS) is 24.4. The average molecular weight is 284 g/mol. The van der Waals surface area contributed by atoms with Crippen molar-refractivity contribution in [2.45, 2.75) is 37.1 Å². The molecule has 20 heavy (non-hydrogen) atoms. The summed E-state index contributed by atoms with van der Waals surface area (Å²) in [6.45, 7) is -0.295. The maximum atomic E-state index is 12.4. The van der Waals surface area contributed by atoms with Gasteiger partial charge in [-0.25, -0.2) is 0 Å². The SMILES string of the molecule is O=C1N(CCC(F)(F)F)C(c2ccccc2)NC12CC2. The highest BCUT2D eigenvalue weighted by atomic mass is 19.4. The first-order chi connectivity index (χ1) is 9.41. The topological polar surface area (TPSA) is 32.3 Å². The van der Waals surface area contributed by atoms with Gasteiger partial charge in [-0.05, 0) is 18.4 Å². The largest absolute Gasteiger partial charge is 0.390 e. The quantitative estimate of drug-likeness (QED) is 0.925. The Morgan fingerprint density at radius 3 is 2.45 bits per heavy atom. The molecule has 1 spiro atoms. The Labute approximate surface area is 114 Å². The third-order valence-corrected chi connectivity index (χ3v) is 3.90. The summed E-state index contributed by atoms with van der Waals surface area (Å²) in [6.07, 6.45) is -4.26. The molecule has 0 aromatic heterocycles. The Hall–Kier alpha value is -1.56. The zero-order chi connectivity index (χ0) is 14.4. The smallest absolute Gasteiger partial charge is 0.321 e. The van der Waals surface area contributed by atoms with Crippen LogP contribution in [-0.4, -0.2) is 29.1 Å². The van der Waals surface area contributed by atoms with Gasteiger partial charge in [0.05, 0.1) is 6.42 Å². The van der Waals surface area contributed by atoms with Gasteiger partial charge in [-0.3, -0.25) is 10.1 Å². The Morgan fingerprint density at radius 1 is 1.25 bits per heavy atom. The van der Waals surface area contributed by atoms with E-state index in [0.29, 0.717) is 12.8 Å². The highest BCUT2D eigenvalue weighted by Crippen LogP contribution is 2.46. The summed E-state index contributed by atoms with van der Waals surface area (Å²) >= 11 is 0. The Balaban J connectivity index is 1.82. The minimum absolute atomic E-state index is 0.199. The molecule has 1 saturated heterocycles. The van der Waals surface area contributed by atoms with Gasteiger partial charge in [-0.15, -0.1) is 0 Å². The van der Waals surface area contributed by atoms with Gasteiger partial charge in [0.1, 0.15) is 11.7 Å². The van der Waals surface area contributed by atoms with E-state index in [9.17, 15) is 18.0 Å². The van der Waals surface area contributed by atoms with Gasteiger partial charge in [-0.1, -0.05) is 30.3 Å². The number of carbonyl (C=O) groups excluding carboxylic acids is 1. The van der Waals surface area contributed by atoms with Crippen molar-refractivity contribution in [1.29, 1.82) is 0 Å². The third kappa shape index (κ3) is 2.40. The molecule has 2 aliphatic rings. The molecule has 0 radical (unpaired) electrons. The van der Waals surface area contributed by atoms with Gasteiger partial charge >= 0.3 is 6.18 Å². The van der Waals surface area contributed by atoms with E-state index in [-0.39, 0.29) is 12.5 Å². The number of nitrogens with one attached hydrogen (secondary N) is 1. The molecule has 6 heteroatoms. The van der Waals surface area contributed by atoms with Gasteiger partial charge in [-0.2, -0.15) is 13.2 Å². The maximum Gasteiger partial charge on any atom is 0.390 e. The number of hydrogen-bond donors (Lipinski definition) is 1. The first kappa shape index (κ1) is 13.4. The monoisotopic (exact) mass is 284 g/mol. The highest BCUT2D eigenvalue weighted by molar-refractivity contribution is 5.92. The number of nitrogens with zero attached hydrogens (tertiary/aromatic N) is 1. The van der Waals surface area contributed by atoms with Crippen LogP contribution in [0.25, 0.3) is 0 Å². The predicted octanol–water partition coefficient (Wildman–Crippen LogP) is 2.60. The minimum atomic E-state index is -4.25. The number of alkyl halides is 3. The van der Waals surface area contributed by atoms with Crippen molar-refractivity contribution >= 4 is 5.91 Å². The van der Waals surface area contributed by atoms with Crippen LogP contribution in [0.5, 0.6) is 0 Å². The van der Waals surface area contributed by atoms with Gasteiger partial charge in [0.25, 0.3) is 0 Å². The van der Waals surface area contributed by atoms with Crippen LogP contribution >= 0.6 is 0 Å². The van der Waals surface area contributed by atoms with Crippen molar-refractivity contribution in [3.05, 3.63) is 35.9 Å². The van der Waals surface area contributed by atoms with Gasteiger partial charge in [0, 0.05) is 6.54 Å².